The Kier molecular flexibility index (Phi) is 14.5. The Morgan fingerprint density at radius 3 is 1.70 bits per heavy atom. The summed E-state index contributed by atoms with van der Waals surface area (Å²) in [6.45, 7) is 5.21. The summed E-state index contributed by atoms with van der Waals surface area (Å²) in [4.78, 5) is 54.0. The van der Waals surface area contributed by atoms with Crippen LogP contribution in [-0.2, 0) is 30.4 Å². The van der Waals surface area contributed by atoms with Crippen molar-refractivity contribution >= 4 is 35.5 Å². The highest BCUT2D eigenvalue weighted by atomic mass is 16.4. The van der Waals surface area contributed by atoms with Gasteiger partial charge < -0.3 is 31.1 Å². The zero-order chi connectivity index (χ0) is 30.1. The number of carboxylic acid groups (broad SMARTS) is 4. The van der Waals surface area contributed by atoms with Crippen molar-refractivity contribution in [1.82, 2.24) is 4.90 Å². The molecule has 12 nitrogen and oxygen atoms in total. The predicted molar refractivity (Wildman–Crippen MR) is 147 cm³/mol. The molecule has 3 rings (SSSR count). The number of benzene rings is 2. The van der Waals surface area contributed by atoms with Gasteiger partial charge in [0.1, 0.15) is 0 Å². The molecular formula is C28H33N3O9. The molecule has 6 N–H and O–H groups in total. The van der Waals surface area contributed by atoms with Gasteiger partial charge >= 0.3 is 23.9 Å². The molecule has 1 atom stereocenters. The Bertz CT molecular complexity index is 1150. The predicted octanol–water partition coefficient (Wildman–Crippen LogP) is 1.70. The number of para-hydroxylation sites is 1. The molecule has 0 aromatic heterocycles. The van der Waals surface area contributed by atoms with Crippen LogP contribution in [0.2, 0.25) is 0 Å². The number of piperazine rings is 1. The van der Waals surface area contributed by atoms with Crippen LogP contribution in [0.4, 0.5) is 5.69 Å². The minimum Gasteiger partial charge on any atom is -0.478 e. The molecule has 0 bridgehead atoms. The van der Waals surface area contributed by atoms with Gasteiger partial charge in [0.15, 0.2) is 0 Å². The molecule has 12 heteroatoms. The van der Waals surface area contributed by atoms with E-state index in [9.17, 15) is 24.0 Å². The molecule has 2 aromatic carbocycles. The van der Waals surface area contributed by atoms with Crippen molar-refractivity contribution in [3.63, 3.8) is 0 Å². The summed E-state index contributed by atoms with van der Waals surface area (Å²) in [6.07, 6.45) is 3.17. The van der Waals surface area contributed by atoms with Crippen molar-refractivity contribution in [1.29, 1.82) is 0 Å². The topological polar surface area (TPSA) is 199 Å². The van der Waals surface area contributed by atoms with Crippen LogP contribution in [-0.4, -0.2) is 87.3 Å². The molecule has 1 aliphatic rings. The van der Waals surface area contributed by atoms with Gasteiger partial charge in [-0.15, -0.1) is 0 Å². The monoisotopic (exact) mass is 555 g/mol. The highest BCUT2D eigenvalue weighted by Gasteiger charge is 2.25. The Morgan fingerprint density at radius 2 is 1.25 bits per heavy atom. The summed E-state index contributed by atoms with van der Waals surface area (Å²) in [7, 11) is 0. The number of carboxylic acids is 4. The lowest BCUT2D eigenvalue weighted by Crippen LogP contribution is -2.53. The van der Waals surface area contributed by atoms with Crippen LogP contribution in [0.3, 0.4) is 0 Å². The minimum absolute atomic E-state index is 0.250. The van der Waals surface area contributed by atoms with Crippen LogP contribution < -0.4 is 10.6 Å². The van der Waals surface area contributed by atoms with E-state index in [-0.39, 0.29) is 5.91 Å². The standard InChI is InChI=1S/C20H25N3O.2C4H4O4/c1-16-14-22(15-20(21)24)11-12-23(16)19-10-6-5-9-18(19)13-17-7-3-2-4-8-17;2*5-3(6)1-2-4(7)8/h2-10,16H,11-15H2,1H3,(H2,21,24);2*1-2H,(H,5,6)(H,7,8). The molecule has 0 aliphatic carbocycles. The van der Waals surface area contributed by atoms with E-state index < -0.39 is 23.9 Å². The molecule has 1 fully saturated rings. The van der Waals surface area contributed by atoms with Gasteiger partial charge in [-0.2, -0.15) is 0 Å². The van der Waals surface area contributed by atoms with Crippen LogP contribution in [0.1, 0.15) is 18.1 Å². The molecule has 1 unspecified atom stereocenters. The average molecular weight is 556 g/mol. The molecule has 0 saturated carbocycles. The fourth-order valence-corrected chi connectivity index (χ4v) is 3.80. The Balaban J connectivity index is 0.000000412. The normalized spacial score (nSPS) is 14.9. The lowest BCUT2D eigenvalue weighted by atomic mass is 10.0. The van der Waals surface area contributed by atoms with Crippen molar-refractivity contribution in [2.24, 2.45) is 5.73 Å². The molecule has 1 heterocycles. The zero-order valence-electron chi connectivity index (χ0n) is 21.9. The fourth-order valence-electron chi connectivity index (χ4n) is 3.80. The average Bonchev–Trinajstić information content (AvgIpc) is 2.88. The lowest BCUT2D eigenvalue weighted by molar-refractivity contribution is -0.134. The van der Waals surface area contributed by atoms with Crippen LogP contribution in [0.25, 0.3) is 0 Å². The van der Waals surface area contributed by atoms with E-state index in [4.69, 9.17) is 26.2 Å². The number of nitrogens with zero attached hydrogens (tertiary/aromatic N) is 2. The number of hydrogen-bond donors (Lipinski definition) is 5. The summed E-state index contributed by atoms with van der Waals surface area (Å²) < 4.78 is 0. The van der Waals surface area contributed by atoms with Gasteiger partial charge in [0.25, 0.3) is 0 Å². The summed E-state index contributed by atoms with van der Waals surface area (Å²) in [5.74, 6) is -5.28. The minimum atomic E-state index is -1.26. The Morgan fingerprint density at radius 1 is 0.775 bits per heavy atom. The number of aliphatic carboxylic acids is 4. The molecular weight excluding hydrogens is 522 g/mol. The lowest BCUT2D eigenvalue weighted by Gasteiger charge is -2.41. The maximum Gasteiger partial charge on any atom is 0.328 e. The molecule has 1 aliphatic heterocycles. The highest BCUT2D eigenvalue weighted by molar-refractivity contribution is 5.90. The van der Waals surface area contributed by atoms with E-state index in [1.807, 2.05) is 0 Å². The number of carbonyl (C=O) groups excluding carboxylic acids is 1. The molecule has 2 aromatic rings. The third kappa shape index (κ3) is 14.1. The van der Waals surface area contributed by atoms with Crippen LogP contribution in [0.15, 0.2) is 78.9 Å². The van der Waals surface area contributed by atoms with E-state index in [0.29, 0.717) is 36.9 Å². The Hall–Kier alpha value is -4.97. The third-order valence-corrected chi connectivity index (χ3v) is 5.37. The van der Waals surface area contributed by atoms with Gasteiger partial charge in [0, 0.05) is 55.7 Å². The molecule has 214 valence electrons. The summed E-state index contributed by atoms with van der Waals surface area (Å²) in [6, 6.07) is 19.6. The number of primary amides is 1. The van der Waals surface area contributed by atoms with Crippen molar-refractivity contribution in [2.75, 3.05) is 31.1 Å². The van der Waals surface area contributed by atoms with Gasteiger partial charge in [-0.1, -0.05) is 48.5 Å². The van der Waals surface area contributed by atoms with Gasteiger partial charge in [-0.25, -0.2) is 19.2 Å². The third-order valence-electron chi connectivity index (χ3n) is 5.37. The second kappa shape index (κ2) is 17.5. The van der Waals surface area contributed by atoms with Gasteiger partial charge in [-0.3, -0.25) is 9.69 Å². The van der Waals surface area contributed by atoms with E-state index >= 15 is 0 Å². The van der Waals surface area contributed by atoms with Crippen molar-refractivity contribution in [3.05, 3.63) is 90.0 Å². The van der Waals surface area contributed by atoms with Crippen LogP contribution in [0.5, 0.6) is 0 Å². The van der Waals surface area contributed by atoms with E-state index in [1.54, 1.807) is 0 Å². The summed E-state index contributed by atoms with van der Waals surface area (Å²) in [5, 5.41) is 31.2. The maximum atomic E-state index is 11.1. The van der Waals surface area contributed by atoms with Crippen molar-refractivity contribution in [2.45, 2.75) is 19.4 Å². The van der Waals surface area contributed by atoms with E-state index in [0.717, 1.165) is 26.1 Å². The first-order valence-corrected chi connectivity index (χ1v) is 12.1. The SMILES string of the molecule is CC1CN(CC(N)=O)CCN1c1ccccc1Cc1ccccc1.O=C(O)C=CC(=O)O.O=C(O)C=CC(=O)O. The molecule has 0 spiro atoms. The van der Waals surface area contributed by atoms with Gasteiger partial charge in [0.05, 0.1) is 6.54 Å². The second-order valence-corrected chi connectivity index (χ2v) is 8.55. The van der Waals surface area contributed by atoms with Crippen molar-refractivity contribution < 1.29 is 44.4 Å². The number of rotatable bonds is 9. The molecule has 1 saturated heterocycles. The van der Waals surface area contributed by atoms with Gasteiger partial charge in [0.2, 0.25) is 5.91 Å². The van der Waals surface area contributed by atoms with Crippen LogP contribution in [0, 0.1) is 0 Å². The summed E-state index contributed by atoms with van der Waals surface area (Å²) in [5.41, 5.74) is 9.30. The van der Waals surface area contributed by atoms with E-state index in [1.165, 1.54) is 16.8 Å². The van der Waals surface area contributed by atoms with Crippen molar-refractivity contribution in [3.8, 4) is 0 Å². The van der Waals surface area contributed by atoms with Gasteiger partial charge in [-0.05, 0) is 30.5 Å². The van der Waals surface area contributed by atoms with Crippen LogP contribution >= 0.6 is 0 Å². The number of nitrogens with two attached hydrogens (primary N) is 1. The first-order valence-electron chi connectivity index (χ1n) is 12.1. The Labute approximate surface area is 231 Å². The largest absolute Gasteiger partial charge is 0.478 e. The fraction of sp³-hybridized carbons (Fsp3) is 0.250. The van der Waals surface area contributed by atoms with E-state index in [2.05, 4.69) is 71.3 Å². The first kappa shape index (κ1) is 33.1. The summed E-state index contributed by atoms with van der Waals surface area (Å²) >= 11 is 0. The molecule has 1 amide bonds. The molecule has 40 heavy (non-hydrogen) atoms. The smallest absolute Gasteiger partial charge is 0.328 e. The maximum absolute atomic E-state index is 11.1. The number of hydrogen-bond acceptors (Lipinski definition) is 7. The number of carbonyl (C=O) groups is 5. The number of anilines is 1. The quantitative estimate of drug-likeness (QED) is 0.282. The zero-order valence-corrected chi connectivity index (χ0v) is 21.9. The highest BCUT2D eigenvalue weighted by Crippen LogP contribution is 2.26. The second-order valence-electron chi connectivity index (χ2n) is 8.55. The number of amides is 1. The molecule has 0 radical (unpaired) electrons. The first-order chi connectivity index (χ1) is 18.9.